The highest BCUT2D eigenvalue weighted by Crippen LogP contribution is 2.31. The lowest BCUT2D eigenvalue weighted by Crippen LogP contribution is -2.40. The molecule has 2 unspecified atom stereocenters. The van der Waals surface area contributed by atoms with Crippen molar-refractivity contribution >= 4 is 11.8 Å². The Labute approximate surface area is 206 Å². The minimum absolute atomic E-state index is 0.113. The first-order valence-electron chi connectivity index (χ1n) is 12.7. The molecular formula is C26H37FN4O4. The number of aromatic nitrogens is 3. The van der Waals surface area contributed by atoms with Crippen molar-refractivity contribution in [3.8, 4) is 5.75 Å². The molecule has 35 heavy (non-hydrogen) atoms. The number of carbonyl (C=O) groups excluding carboxylic acids is 2. The van der Waals surface area contributed by atoms with E-state index in [-0.39, 0.29) is 30.0 Å². The molecule has 2 heterocycles. The molecule has 0 radical (unpaired) electrons. The second kappa shape index (κ2) is 12.8. The molecule has 2 aromatic rings. The molecule has 1 saturated heterocycles. The number of nitrogens with one attached hydrogen (secondary N) is 1. The van der Waals surface area contributed by atoms with Gasteiger partial charge in [0.2, 0.25) is 11.8 Å². The highest BCUT2D eigenvalue weighted by molar-refractivity contribution is 5.98. The summed E-state index contributed by atoms with van der Waals surface area (Å²) in [4.78, 5) is 23.2. The number of halogens is 1. The molecule has 1 aromatic carbocycles. The summed E-state index contributed by atoms with van der Waals surface area (Å²) in [5.41, 5.74) is 0.203. The van der Waals surface area contributed by atoms with Gasteiger partial charge in [-0.3, -0.25) is 14.9 Å². The molecule has 1 aliphatic heterocycles. The SMILES string of the molecule is CCCCCOc1cc(C(O)(CC)Cn2nncc2CCCCC2CCC(=O)NC2=O)ccc1F. The Hall–Kier alpha value is -2.81. The van der Waals surface area contributed by atoms with Gasteiger partial charge in [0.1, 0.15) is 5.60 Å². The van der Waals surface area contributed by atoms with Gasteiger partial charge >= 0.3 is 0 Å². The van der Waals surface area contributed by atoms with Gasteiger partial charge < -0.3 is 9.84 Å². The molecule has 1 aromatic heterocycles. The van der Waals surface area contributed by atoms with Crippen LogP contribution in [0, 0.1) is 11.7 Å². The minimum atomic E-state index is -1.26. The Morgan fingerprint density at radius 2 is 2.06 bits per heavy atom. The summed E-state index contributed by atoms with van der Waals surface area (Å²) in [6.07, 6.45) is 9.13. The van der Waals surface area contributed by atoms with E-state index < -0.39 is 11.4 Å². The Balaban J connectivity index is 1.59. The number of piperidine rings is 1. The van der Waals surface area contributed by atoms with Gasteiger partial charge in [-0.1, -0.05) is 44.4 Å². The highest BCUT2D eigenvalue weighted by Gasteiger charge is 2.30. The molecule has 1 aliphatic rings. The summed E-state index contributed by atoms with van der Waals surface area (Å²) in [5, 5.41) is 22.1. The van der Waals surface area contributed by atoms with Crippen LogP contribution in [-0.2, 0) is 28.2 Å². The third-order valence-corrected chi connectivity index (χ3v) is 6.76. The monoisotopic (exact) mass is 488 g/mol. The van der Waals surface area contributed by atoms with Crippen LogP contribution in [0.25, 0.3) is 0 Å². The lowest BCUT2D eigenvalue weighted by Gasteiger charge is -2.28. The van der Waals surface area contributed by atoms with Crippen molar-refractivity contribution in [3.63, 3.8) is 0 Å². The Morgan fingerprint density at radius 3 is 2.80 bits per heavy atom. The third kappa shape index (κ3) is 7.34. The first-order valence-corrected chi connectivity index (χ1v) is 12.7. The number of rotatable bonds is 14. The first kappa shape index (κ1) is 26.8. The molecule has 8 nitrogen and oxygen atoms in total. The standard InChI is InChI=1S/C26H37FN4O4/c1-3-5-8-15-35-23-16-20(12-13-22(23)27)26(34,4-2)18-31-21(17-28-30-31)10-7-6-9-19-11-14-24(32)29-25(19)33/h12-13,16-17,19,34H,3-11,14-15,18H2,1-2H3,(H,29,32,33). The summed E-state index contributed by atoms with van der Waals surface area (Å²) in [5.74, 6) is -0.772. The van der Waals surface area contributed by atoms with Gasteiger partial charge in [0.25, 0.3) is 0 Å². The summed E-state index contributed by atoms with van der Waals surface area (Å²) < 4.78 is 21.6. The van der Waals surface area contributed by atoms with E-state index in [4.69, 9.17) is 4.74 Å². The first-order chi connectivity index (χ1) is 16.9. The van der Waals surface area contributed by atoms with Crippen LogP contribution >= 0.6 is 0 Å². The summed E-state index contributed by atoms with van der Waals surface area (Å²) in [6.45, 7) is 4.60. The van der Waals surface area contributed by atoms with Gasteiger partial charge in [0.15, 0.2) is 11.6 Å². The minimum Gasteiger partial charge on any atom is -0.491 e. The van der Waals surface area contributed by atoms with Crippen LogP contribution in [0.5, 0.6) is 5.75 Å². The average molecular weight is 489 g/mol. The largest absolute Gasteiger partial charge is 0.491 e. The highest BCUT2D eigenvalue weighted by atomic mass is 19.1. The maximum Gasteiger partial charge on any atom is 0.229 e. The molecule has 0 bridgehead atoms. The van der Waals surface area contributed by atoms with Crippen LogP contribution in [0.3, 0.4) is 0 Å². The number of unbranched alkanes of at least 4 members (excludes halogenated alkanes) is 3. The van der Waals surface area contributed by atoms with Crippen molar-refractivity contribution in [2.75, 3.05) is 6.61 Å². The zero-order chi connectivity index (χ0) is 25.3. The van der Waals surface area contributed by atoms with Gasteiger partial charge in [-0.25, -0.2) is 9.07 Å². The lowest BCUT2D eigenvalue weighted by molar-refractivity contribution is -0.136. The van der Waals surface area contributed by atoms with Crippen LogP contribution in [0.15, 0.2) is 24.4 Å². The fourth-order valence-electron chi connectivity index (χ4n) is 4.41. The molecule has 0 aliphatic carbocycles. The molecule has 9 heteroatoms. The molecule has 2 N–H and O–H groups in total. The fraction of sp³-hybridized carbons (Fsp3) is 0.615. The van der Waals surface area contributed by atoms with Crippen molar-refractivity contribution in [2.45, 2.75) is 90.2 Å². The molecule has 3 rings (SSSR count). The van der Waals surface area contributed by atoms with E-state index in [9.17, 15) is 19.1 Å². The number of aryl methyl sites for hydroxylation is 1. The summed E-state index contributed by atoms with van der Waals surface area (Å²) in [6, 6.07) is 4.51. The summed E-state index contributed by atoms with van der Waals surface area (Å²) >= 11 is 0. The van der Waals surface area contributed by atoms with Crippen molar-refractivity contribution < 1.29 is 23.8 Å². The number of aliphatic hydroxyl groups is 1. The Morgan fingerprint density at radius 1 is 1.23 bits per heavy atom. The molecule has 0 spiro atoms. The van der Waals surface area contributed by atoms with Crippen LogP contribution in [0.1, 0.15) is 82.9 Å². The second-order valence-corrected chi connectivity index (χ2v) is 9.36. The predicted molar refractivity (Wildman–Crippen MR) is 129 cm³/mol. The number of amides is 2. The smallest absolute Gasteiger partial charge is 0.229 e. The maximum atomic E-state index is 14.3. The Bertz CT molecular complexity index is 995. The number of carbonyl (C=O) groups is 2. The van der Waals surface area contributed by atoms with Crippen LogP contribution < -0.4 is 10.1 Å². The van der Waals surface area contributed by atoms with E-state index in [0.29, 0.717) is 37.9 Å². The van der Waals surface area contributed by atoms with Crippen molar-refractivity contribution in [2.24, 2.45) is 5.92 Å². The van der Waals surface area contributed by atoms with Gasteiger partial charge in [-0.15, -0.1) is 5.10 Å². The average Bonchev–Trinajstić information content (AvgIpc) is 3.28. The Kier molecular flexibility index (Phi) is 9.77. The van der Waals surface area contributed by atoms with Crippen molar-refractivity contribution in [1.82, 2.24) is 20.3 Å². The van der Waals surface area contributed by atoms with Gasteiger partial charge in [0, 0.05) is 12.3 Å². The third-order valence-electron chi connectivity index (χ3n) is 6.76. The van der Waals surface area contributed by atoms with Crippen LogP contribution in [-0.4, -0.2) is 38.5 Å². The normalized spacial score (nSPS) is 17.8. The van der Waals surface area contributed by atoms with Crippen molar-refractivity contribution in [3.05, 3.63) is 41.5 Å². The summed E-state index contributed by atoms with van der Waals surface area (Å²) in [7, 11) is 0. The number of imide groups is 1. The molecule has 192 valence electrons. The molecule has 2 atom stereocenters. The van der Waals surface area contributed by atoms with Gasteiger partial charge in [-0.05, 0) is 56.2 Å². The van der Waals surface area contributed by atoms with E-state index in [0.717, 1.165) is 44.2 Å². The number of nitrogens with zero attached hydrogens (tertiary/aromatic N) is 3. The van der Waals surface area contributed by atoms with E-state index in [1.807, 2.05) is 6.92 Å². The molecular weight excluding hydrogens is 451 g/mol. The van der Waals surface area contributed by atoms with Crippen LogP contribution in [0.2, 0.25) is 0 Å². The second-order valence-electron chi connectivity index (χ2n) is 9.36. The van der Waals surface area contributed by atoms with E-state index in [1.54, 1.807) is 23.0 Å². The number of benzene rings is 1. The molecule has 2 amide bonds. The zero-order valence-corrected chi connectivity index (χ0v) is 20.8. The number of hydrogen-bond donors (Lipinski definition) is 2. The van der Waals surface area contributed by atoms with E-state index in [2.05, 4.69) is 22.6 Å². The quantitative estimate of drug-likeness (QED) is 0.307. The molecule has 1 fully saturated rings. The number of hydrogen-bond acceptors (Lipinski definition) is 6. The van der Waals surface area contributed by atoms with E-state index in [1.165, 1.54) is 6.07 Å². The van der Waals surface area contributed by atoms with Crippen LogP contribution in [0.4, 0.5) is 4.39 Å². The lowest BCUT2D eigenvalue weighted by atomic mass is 9.90. The van der Waals surface area contributed by atoms with Gasteiger partial charge in [0.05, 0.1) is 25.0 Å². The zero-order valence-electron chi connectivity index (χ0n) is 20.8. The predicted octanol–water partition coefficient (Wildman–Crippen LogP) is 4.05. The fourth-order valence-corrected chi connectivity index (χ4v) is 4.41. The topological polar surface area (TPSA) is 106 Å². The molecule has 0 saturated carbocycles. The van der Waals surface area contributed by atoms with Crippen molar-refractivity contribution in [1.29, 1.82) is 0 Å². The van der Waals surface area contributed by atoms with Gasteiger partial charge in [-0.2, -0.15) is 0 Å². The maximum absolute atomic E-state index is 14.3. The number of ether oxygens (including phenoxy) is 1. The van der Waals surface area contributed by atoms with E-state index >= 15 is 0 Å².